The minimum Gasteiger partial charge on any atom is -0.492 e. The van der Waals surface area contributed by atoms with E-state index >= 15 is 0 Å². The zero-order chi connectivity index (χ0) is 18.4. The van der Waals surface area contributed by atoms with Crippen molar-refractivity contribution >= 4 is 27.1 Å². The largest absolute Gasteiger partial charge is 0.492 e. The van der Waals surface area contributed by atoms with Crippen molar-refractivity contribution in [2.45, 2.75) is 6.61 Å². The van der Waals surface area contributed by atoms with Crippen LogP contribution in [0.2, 0.25) is 0 Å². The van der Waals surface area contributed by atoms with Crippen LogP contribution in [0.1, 0.15) is 5.56 Å². The highest BCUT2D eigenvalue weighted by molar-refractivity contribution is 7.18. The maximum atomic E-state index is 10.4. The number of hydrogen-bond acceptors (Lipinski definition) is 7. The lowest BCUT2D eigenvalue weighted by molar-refractivity contribution is 0.283. The van der Waals surface area contributed by atoms with Gasteiger partial charge in [0.25, 0.3) is 0 Å². The maximum absolute atomic E-state index is 10.4. The predicted molar refractivity (Wildman–Crippen MR) is 102 cm³/mol. The number of aromatic nitrogens is 5. The van der Waals surface area contributed by atoms with Crippen LogP contribution in [0.15, 0.2) is 54.3 Å². The van der Waals surface area contributed by atoms with Gasteiger partial charge in [-0.2, -0.15) is 4.98 Å². The summed E-state index contributed by atoms with van der Waals surface area (Å²) in [7, 11) is 0. The topological polar surface area (TPSA) is 96.4 Å². The normalized spacial score (nSPS) is 11.4. The first kappa shape index (κ1) is 15.9. The van der Waals surface area contributed by atoms with Crippen LogP contribution in [-0.4, -0.2) is 34.5 Å². The molecule has 0 aromatic carbocycles. The average Bonchev–Trinajstić information content (AvgIpc) is 3.33. The van der Waals surface area contributed by atoms with Gasteiger partial charge in [-0.25, -0.2) is 9.97 Å². The average molecular weight is 375 g/mol. The van der Waals surface area contributed by atoms with Gasteiger partial charge in [0.15, 0.2) is 11.6 Å². The summed E-state index contributed by atoms with van der Waals surface area (Å²) in [6.45, 7) is -0.0883. The van der Waals surface area contributed by atoms with Crippen LogP contribution in [0.25, 0.3) is 38.6 Å². The van der Waals surface area contributed by atoms with Gasteiger partial charge in [-0.1, -0.05) is 12.1 Å². The second-order valence-electron chi connectivity index (χ2n) is 5.94. The van der Waals surface area contributed by atoms with Gasteiger partial charge in [-0.05, 0) is 18.2 Å². The summed E-state index contributed by atoms with van der Waals surface area (Å²) >= 11 is 1.38. The van der Waals surface area contributed by atoms with Crippen molar-refractivity contribution in [1.82, 2.24) is 24.3 Å². The molecule has 0 bridgehead atoms. The number of pyridine rings is 2. The van der Waals surface area contributed by atoms with Gasteiger partial charge in [0.2, 0.25) is 5.88 Å². The quantitative estimate of drug-likeness (QED) is 0.502. The van der Waals surface area contributed by atoms with E-state index in [9.17, 15) is 10.2 Å². The molecule has 0 radical (unpaired) electrons. The monoisotopic (exact) mass is 375 g/mol. The number of nitrogens with zero attached hydrogens (tertiary/aromatic N) is 5. The number of hydrogen-bond donors (Lipinski definition) is 2. The van der Waals surface area contributed by atoms with Crippen LogP contribution in [-0.2, 0) is 6.61 Å². The molecule has 0 spiro atoms. The Morgan fingerprint density at radius 3 is 2.81 bits per heavy atom. The molecule has 5 rings (SSSR count). The molecule has 5 aromatic rings. The van der Waals surface area contributed by atoms with Crippen LogP contribution in [0.3, 0.4) is 0 Å². The summed E-state index contributed by atoms with van der Waals surface area (Å²) in [6.07, 6.45) is 5.22. The van der Waals surface area contributed by atoms with Crippen molar-refractivity contribution in [3.63, 3.8) is 0 Å². The third-order valence-corrected chi connectivity index (χ3v) is 5.33. The second kappa shape index (κ2) is 6.11. The zero-order valence-corrected chi connectivity index (χ0v) is 14.8. The van der Waals surface area contributed by atoms with E-state index in [0.29, 0.717) is 21.9 Å². The number of aliphatic hydroxyl groups excluding tert-OH is 1. The zero-order valence-electron chi connectivity index (χ0n) is 13.9. The summed E-state index contributed by atoms with van der Waals surface area (Å²) < 4.78 is 2.41. The molecule has 27 heavy (non-hydrogen) atoms. The van der Waals surface area contributed by atoms with E-state index in [1.807, 2.05) is 41.9 Å². The van der Waals surface area contributed by atoms with Gasteiger partial charge in [0.05, 0.1) is 29.5 Å². The first-order chi connectivity index (χ1) is 13.3. The highest BCUT2D eigenvalue weighted by Crippen LogP contribution is 2.37. The Kier molecular flexibility index (Phi) is 3.59. The Morgan fingerprint density at radius 2 is 2.00 bits per heavy atom. The first-order valence-corrected chi connectivity index (χ1v) is 9.10. The van der Waals surface area contributed by atoms with Crippen LogP contribution in [0.5, 0.6) is 5.88 Å². The Labute approximate surface area is 157 Å². The van der Waals surface area contributed by atoms with Crippen molar-refractivity contribution in [3.05, 3.63) is 59.9 Å². The van der Waals surface area contributed by atoms with Gasteiger partial charge < -0.3 is 10.2 Å². The molecule has 0 unspecified atom stereocenters. The summed E-state index contributed by atoms with van der Waals surface area (Å²) in [5, 5.41) is 21.9. The Balaban J connectivity index is 1.76. The molecule has 0 fully saturated rings. The lowest BCUT2D eigenvalue weighted by Gasteiger charge is -2.05. The Bertz CT molecular complexity index is 1280. The SMILES string of the molecule is OCc1cccn2c(-c3nc(O)c4scc(-c5ccccn5)c4n3)ncc12. The third-order valence-electron chi connectivity index (χ3n) is 4.37. The molecular formula is C19H13N5O2S. The van der Waals surface area contributed by atoms with E-state index < -0.39 is 0 Å². The van der Waals surface area contributed by atoms with Crippen LogP contribution < -0.4 is 0 Å². The van der Waals surface area contributed by atoms with E-state index in [4.69, 9.17) is 0 Å². The molecule has 0 aliphatic heterocycles. The second-order valence-corrected chi connectivity index (χ2v) is 6.82. The Hall–Kier alpha value is -3.36. The molecule has 0 amide bonds. The summed E-state index contributed by atoms with van der Waals surface area (Å²) in [6, 6.07) is 9.32. The predicted octanol–water partition coefficient (Wildman–Crippen LogP) is 3.27. The molecular weight excluding hydrogens is 362 g/mol. The minimum absolute atomic E-state index is 0.0859. The maximum Gasteiger partial charge on any atom is 0.233 e. The number of rotatable bonds is 3. The fraction of sp³-hybridized carbons (Fsp3) is 0.0526. The molecule has 0 aliphatic rings. The molecule has 0 saturated heterocycles. The lowest BCUT2D eigenvalue weighted by Crippen LogP contribution is -1.97. The molecule has 2 N–H and O–H groups in total. The van der Waals surface area contributed by atoms with Crippen molar-refractivity contribution in [2.24, 2.45) is 0 Å². The van der Waals surface area contributed by atoms with Gasteiger partial charge >= 0.3 is 0 Å². The first-order valence-electron chi connectivity index (χ1n) is 8.22. The number of aromatic hydroxyl groups is 1. The molecule has 132 valence electrons. The van der Waals surface area contributed by atoms with Crippen LogP contribution in [0.4, 0.5) is 0 Å². The fourth-order valence-corrected chi connectivity index (χ4v) is 3.97. The van der Waals surface area contributed by atoms with Crippen molar-refractivity contribution in [2.75, 3.05) is 0 Å². The third kappa shape index (κ3) is 2.46. The molecule has 7 nitrogen and oxygen atoms in total. The number of thiophene rings is 1. The standard InChI is InChI=1S/C19H13N5O2S/c25-9-11-4-3-7-24-14(11)8-21-18(24)17-22-15-12(13-5-1-2-6-20-13)10-27-16(15)19(26)23-17/h1-8,10,25H,9H2,(H,22,23,26). The van der Waals surface area contributed by atoms with E-state index in [-0.39, 0.29) is 12.5 Å². The molecule has 5 heterocycles. The van der Waals surface area contributed by atoms with E-state index in [0.717, 1.165) is 22.3 Å². The number of aliphatic hydroxyl groups is 1. The summed E-state index contributed by atoms with van der Waals surface area (Å²) in [5.74, 6) is 0.721. The van der Waals surface area contributed by atoms with E-state index in [1.54, 1.807) is 16.8 Å². The molecule has 0 aliphatic carbocycles. The fourth-order valence-electron chi connectivity index (χ4n) is 3.09. The smallest absolute Gasteiger partial charge is 0.233 e. The van der Waals surface area contributed by atoms with E-state index in [1.165, 1.54) is 11.3 Å². The summed E-state index contributed by atoms with van der Waals surface area (Å²) in [4.78, 5) is 17.7. The van der Waals surface area contributed by atoms with Crippen molar-refractivity contribution < 1.29 is 10.2 Å². The van der Waals surface area contributed by atoms with Gasteiger partial charge in [-0.15, -0.1) is 11.3 Å². The van der Waals surface area contributed by atoms with Gasteiger partial charge in [0.1, 0.15) is 4.70 Å². The van der Waals surface area contributed by atoms with E-state index in [2.05, 4.69) is 19.9 Å². The van der Waals surface area contributed by atoms with Crippen LogP contribution >= 0.6 is 11.3 Å². The van der Waals surface area contributed by atoms with Crippen LogP contribution in [0, 0.1) is 0 Å². The summed E-state index contributed by atoms with van der Waals surface area (Å²) in [5.41, 5.74) is 3.78. The molecule has 8 heteroatoms. The highest BCUT2D eigenvalue weighted by Gasteiger charge is 2.18. The highest BCUT2D eigenvalue weighted by atomic mass is 32.1. The number of fused-ring (bicyclic) bond motifs is 2. The minimum atomic E-state index is -0.0883. The lowest BCUT2D eigenvalue weighted by atomic mass is 10.2. The van der Waals surface area contributed by atoms with Crippen molar-refractivity contribution in [1.29, 1.82) is 0 Å². The van der Waals surface area contributed by atoms with Gasteiger partial charge in [-0.3, -0.25) is 9.38 Å². The molecule has 5 aromatic heterocycles. The molecule has 0 atom stereocenters. The van der Waals surface area contributed by atoms with Crippen molar-refractivity contribution in [3.8, 4) is 28.8 Å². The number of imidazole rings is 1. The van der Waals surface area contributed by atoms with Gasteiger partial charge in [0, 0.05) is 28.9 Å². The molecule has 0 saturated carbocycles. The Morgan fingerprint density at radius 1 is 1.07 bits per heavy atom.